The predicted octanol–water partition coefficient (Wildman–Crippen LogP) is 3.37. The fourth-order valence-electron chi connectivity index (χ4n) is 2.95. The second-order valence-electron chi connectivity index (χ2n) is 6.21. The van der Waals surface area contributed by atoms with Crippen molar-refractivity contribution < 1.29 is 18.8 Å². The topological polar surface area (TPSA) is 77.7 Å². The van der Waals surface area contributed by atoms with Crippen LogP contribution in [-0.2, 0) is 11.3 Å². The number of benzene rings is 2. The fourth-order valence-corrected chi connectivity index (χ4v) is 2.95. The zero-order valence-electron chi connectivity index (χ0n) is 15.1. The van der Waals surface area contributed by atoms with Crippen LogP contribution in [0.4, 0.5) is 5.69 Å². The van der Waals surface area contributed by atoms with Gasteiger partial charge in [-0.25, -0.2) is 0 Å². The highest BCUT2D eigenvalue weighted by Crippen LogP contribution is 2.34. The summed E-state index contributed by atoms with van der Waals surface area (Å²) in [5, 5.41) is 4.04. The van der Waals surface area contributed by atoms with Gasteiger partial charge in [-0.1, -0.05) is 23.4 Å². The Hall–Kier alpha value is -3.35. The predicted molar refractivity (Wildman–Crippen MR) is 98.8 cm³/mol. The van der Waals surface area contributed by atoms with Crippen LogP contribution >= 0.6 is 0 Å². The van der Waals surface area contributed by atoms with Crippen LogP contribution in [0.1, 0.15) is 18.4 Å². The highest BCUT2D eigenvalue weighted by atomic mass is 16.5. The molecule has 138 valence electrons. The summed E-state index contributed by atoms with van der Waals surface area (Å²) >= 11 is 0. The van der Waals surface area contributed by atoms with Gasteiger partial charge in [0, 0.05) is 5.56 Å². The van der Waals surface area contributed by atoms with Crippen molar-refractivity contribution in [1.29, 1.82) is 0 Å². The van der Waals surface area contributed by atoms with E-state index in [0.717, 1.165) is 16.9 Å². The number of aryl methyl sites for hydroxylation is 1. The normalized spacial score (nSPS) is 13.3. The van der Waals surface area contributed by atoms with Gasteiger partial charge < -0.3 is 14.0 Å². The maximum Gasteiger partial charge on any atom is 0.265 e. The number of amides is 1. The molecule has 0 saturated heterocycles. The lowest BCUT2D eigenvalue weighted by atomic mass is 10.1. The van der Waals surface area contributed by atoms with Gasteiger partial charge in [-0.3, -0.25) is 9.69 Å². The van der Waals surface area contributed by atoms with Gasteiger partial charge >= 0.3 is 0 Å². The molecule has 1 aliphatic rings. The molecular weight excluding hydrogens is 346 g/mol. The van der Waals surface area contributed by atoms with Gasteiger partial charge in [0.25, 0.3) is 5.91 Å². The fraction of sp³-hybridized carbons (Fsp3) is 0.250. The van der Waals surface area contributed by atoms with E-state index in [1.807, 2.05) is 56.3 Å². The summed E-state index contributed by atoms with van der Waals surface area (Å²) in [7, 11) is 0. The first-order chi connectivity index (χ1) is 13.1. The average molecular weight is 365 g/mol. The van der Waals surface area contributed by atoms with Crippen LogP contribution in [0.3, 0.4) is 0 Å². The summed E-state index contributed by atoms with van der Waals surface area (Å²) in [5.74, 6) is 2.09. The molecule has 0 bridgehead atoms. The van der Waals surface area contributed by atoms with E-state index in [1.165, 1.54) is 0 Å². The minimum Gasteiger partial charge on any atom is -0.494 e. The molecule has 27 heavy (non-hydrogen) atoms. The smallest absolute Gasteiger partial charge is 0.265 e. The maximum absolute atomic E-state index is 12.3. The van der Waals surface area contributed by atoms with Crippen LogP contribution in [0, 0.1) is 6.92 Å². The number of ether oxygens (including phenoxy) is 2. The van der Waals surface area contributed by atoms with E-state index in [1.54, 1.807) is 4.90 Å². The van der Waals surface area contributed by atoms with E-state index in [2.05, 4.69) is 10.1 Å². The van der Waals surface area contributed by atoms with Gasteiger partial charge in [-0.05, 0) is 43.7 Å². The largest absolute Gasteiger partial charge is 0.494 e. The quantitative estimate of drug-likeness (QED) is 0.690. The lowest BCUT2D eigenvalue weighted by Crippen LogP contribution is -2.38. The molecule has 7 heteroatoms. The number of rotatable bonds is 5. The first kappa shape index (κ1) is 17.1. The van der Waals surface area contributed by atoms with E-state index < -0.39 is 0 Å². The summed E-state index contributed by atoms with van der Waals surface area (Å²) in [5.41, 5.74) is 2.56. The molecule has 0 unspecified atom stereocenters. The van der Waals surface area contributed by atoms with E-state index in [-0.39, 0.29) is 19.1 Å². The Bertz CT molecular complexity index is 983. The standard InChI is InChI=1S/C20H19N3O4/c1-3-25-15-6-4-5-14(10-15)20-21-18(27-22-20)11-23-16-8-7-13(2)9-17(16)26-12-19(23)24/h4-10H,3,11-12H2,1-2H3. The number of aromatic nitrogens is 2. The minimum absolute atomic E-state index is 0.00610. The molecule has 1 aromatic heterocycles. The van der Waals surface area contributed by atoms with E-state index in [0.29, 0.717) is 29.8 Å². The third-order valence-electron chi connectivity index (χ3n) is 4.22. The van der Waals surface area contributed by atoms with E-state index >= 15 is 0 Å². The molecule has 0 spiro atoms. The van der Waals surface area contributed by atoms with E-state index in [9.17, 15) is 4.79 Å². The third kappa shape index (κ3) is 3.48. The summed E-state index contributed by atoms with van der Waals surface area (Å²) in [6, 6.07) is 13.2. The van der Waals surface area contributed by atoms with Gasteiger partial charge in [-0.15, -0.1) is 0 Å². The van der Waals surface area contributed by atoms with Gasteiger partial charge in [-0.2, -0.15) is 4.98 Å². The molecule has 1 aliphatic heterocycles. The molecule has 4 rings (SSSR count). The second-order valence-corrected chi connectivity index (χ2v) is 6.21. The zero-order valence-corrected chi connectivity index (χ0v) is 15.1. The second kappa shape index (κ2) is 7.11. The van der Waals surface area contributed by atoms with Gasteiger partial charge in [0.2, 0.25) is 11.7 Å². The van der Waals surface area contributed by atoms with Gasteiger partial charge in [0.1, 0.15) is 18.0 Å². The van der Waals surface area contributed by atoms with Crippen molar-refractivity contribution in [3.8, 4) is 22.9 Å². The monoisotopic (exact) mass is 365 g/mol. The Morgan fingerprint density at radius 3 is 2.96 bits per heavy atom. The van der Waals surface area contributed by atoms with Crippen molar-refractivity contribution in [3.05, 3.63) is 53.9 Å². The van der Waals surface area contributed by atoms with Crippen LogP contribution in [0.5, 0.6) is 11.5 Å². The molecular formula is C20H19N3O4. The first-order valence-corrected chi connectivity index (χ1v) is 8.73. The van der Waals surface area contributed by atoms with Gasteiger partial charge in [0.15, 0.2) is 6.61 Å². The lowest BCUT2D eigenvalue weighted by Gasteiger charge is -2.28. The van der Waals surface area contributed by atoms with Crippen LogP contribution in [0.25, 0.3) is 11.4 Å². The maximum atomic E-state index is 12.3. The van der Waals surface area contributed by atoms with Crippen LogP contribution in [0.15, 0.2) is 47.0 Å². The molecule has 0 atom stereocenters. The summed E-state index contributed by atoms with van der Waals surface area (Å²) in [6.45, 7) is 4.67. The van der Waals surface area contributed by atoms with Crippen molar-refractivity contribution in [3.63, 3.8) is 0 Å². The molecule has 0 aliphatic carbocycles. The third-order valence-corrected chi connectivity index (χ3v) is 4.22. The number of carbonyl (C=O) groups is 1. The highest BCUT2D eigenvalue weighted by molar-refractivity contribution is 5.97. The number of fused-ring (bicyclic) bond motifs is 1. The van der Waals surface area contributed by atoms with Crippen molar-refractivity contribution in [2.24, 2.45) is 0 Å². The molecule has 2 aromatic carbocycles. The molecule has 7 nitrogen and oxygen atoms in total. The molecule has 0 saturated carbocycles. The van der Waals surface area contributed by atoms with Crippen molar-refractivity contribution >= 4 is 11.6 Å². The van der Waals surface area contributed by atoms with Crippen LogP contribution in [-0.4, -0.2) is 29.3 Å². The molecule has 2 heterocycles. The Labute approximate surface area is 156 Å². The summed E-state index contributed by atoms with van der Waals surface area (Å²) < 4.78 is 16.4. The number of carbonyl (C=O) groups excluding carboxylic acids is 1. The Morgan fingerprint density at radius 2 is 2.11 bits per heavy atom. The molecule has 0 N–H and O–H groups in total. The molecule has 0 radical (unpaired) electrons. The number of hydrogen-bond donors (Lipinski definition) is 0. The summed E-state index contributed by atoms with van der Waals surface area (Å²) in [4.78, 5) is 18.4. The lowest BCUT2D eigenvalue weighted by molar-refractivity contribution is -0.121. The first-order valence-electron chi connectivity index (χ1n) is 8.73. The van der Waals surface area contributed by atoms with Crippen molar-refractivity contribution in [2.45, 2.75) is 20.4 Å². The minimum atomic E-state index is -0.149. The van der Waals surface area contributed by atoms with E-state index in [4.69, 9.17) is 14.0 Å². The van der Waals surface area contributed by atoms with Crippen molar-refractivity contribution in [1.82, 2.24) is 10.1 Å². The molecule has 1 amide bonds. The van der Waals surface area contributed by atoms with Crippen LogP contribution < -0.4 is 14.4 Å². The number of nitrogens with zero attached hydrogens (tertiary/aromatic N) is 3. The Kier molecular flexibility index (Phi) is 4.50. The van der Waals surface area contributed by atoms with Crippen LogP contribution in [0.2, 0.25) is 0 Å². The Balaban J connectivity index is 1.58. The SMILES string of the molecule is CCOc1cccc(-c2noc(CN3C(=O)COc4cc(C)ccc43)n2)c1. The summed E-state index contributed by atoms with van der Waals surface area (Å²) in [6.07, 6.45) is 0. The number of hydrogen-bond acceptors (Lipinski definition) is 6. The van der Waals surface area contributed by atoms with Gasteiger partial charge in [0.05, 0.1) is 12.3 Å². The number of anilines is 1. The molecule has 0 fully saturated rings. The Morgan fingerprint density at radius 1 is 1.22 bits per heavy atom. The average Bonchev–Trinajstić information content (AvgIpc) is 3.13. The van der Waals surface area contributed by atoms with Crippen molar-refractivity contribution in [2.75, 3.05) is 18.1 Å². The zero-order chi connectivity index (χ0) is 18.8. The molecule has 3 aromatic rings. The highest BCUT2D eigenvalue weighted by Gasteiger charge is 2.27.